The normalized spacial score (nSPS) is 33.2. The highest BCUT2D eigenvalue weighted by Gasteiger charge is 2.69. The number of fused-ring (bicyclic) bond motifs is 3. The number of aliphatic hydroxyl groups excluding tert-OH is 1. The molecule has 0 saturated heterocycles. The number of ketones is 4. The Morgan fingerprint density at radius 2 is 1.69 bits per heavy atom. The van der Waals surface area contributed by atoms with Gasteiger partial charge in [-0.25, -0.2) is 0 Å². The average Bonchev–Trinajstić information content (AvgIpc) is 2.81. The number of phenolic OH excluding ortho intramolecular Hbond substituents is 1. The quantitative estimate of drug-likeness (QED) is 0.449. The highest BCUT2D eigenvalue weighted by molar-refractivity contribution is 6.32. The number of rotatable bonds is 2. The summed E-state index contributed by atoms with van der Waals surface area (Å²) in [5.74, 6) is -12.7. The molecule has 0 heterocycles. The lowest BCUT2D eigenvalue weighted by Crippen LogP contribution is -2.72. The van der Waals surface area contributed by atoms with Crippen LogP contribution in [-0.2, 0) is 19.2 Å². The Morgan fingerprint density at radius 1 is 1.00 bits per heavy atom. The molecule has 9 heteroatoms. The first-order valence-electron chi connectivity index (χ1n) is 11.0. The minimum absolute atomic E-state index is 0.177. The van der Waals surface area contributed by atoms with Gasteiger partial charge in [0.05, 0.1) is 17.6 Å². The predicted octanol–water partition coefficient (Wildman–Crippen LogP) is 0.296. The van der Waals surface area contributed by atoms with Crippen molar-refractivity contribution in [3.63, 3.8) is 0 Å². The number of carbonyl (C=O) groups is 5. The molecule has 1 amide bonds. The van der Waals surface area contributed by atoms with Gasteiger partial charge in [-0.05, 0) is 22.8 Å². The molecule has 2 aromatic rings. The topological polar surface area (TPSA) is 172 Å². The summed E-state index contributed by atoms with van der Waals surface area (Å²) in [6.45, 7) is 0. The second-order valence-electron chi connectivity index (χ2n) is 9.18. The molecule has 6 atom stereocenters. The largest absolute Gasteiger partial charge is 0.507 e. The fourth-order valence-corrected chi connectivity index (χ4v) is 5.76. The summed E-state index contributed by atoms with van der Waals surface area (Å²) in [7, 11) is 0. The number of Topliss-reactive ketones (excluding diaryl/α,β-unsaturated/α-hetero) is 4. The van der Waals surface area contributed by atoms with E-state index in [1.54, 1.807) is 42.5 Å². The third-order valence-corrected chi connectivity index (χ3v) is 7.36. The second-order valence-corrected chi connectivity index (χ2v) is 9.18. The van der Waals surface area contributed by atoms with Crippen LogP contribution in [0.3, 0.4) is 0 Å². The zero-order chi connectivity index (χ0) is 25.2. The molecular formula is C26H21NO8. The number of nitrogens with two attached hydrogens (primary N) is 1. The zero-order valence-corrected chi connectivity index (χ0v) is 18.3. The maximum Gasteiger partial charge on any atom is 0.235 e. The lowest BCUT2D eigenvalue weighted by atomic mass is 9.51. The van der Waals surface area contributed by atoms with E-state index in [1.807, 2.05) is 0 Å². The van der Waals surface area contributed by atoms with E-state index < -0.39 is 76.6 Å². The molecule has 178 valence electrons. The summed E-state index contributed by atoms with van der Waals surface area (Å²) >= 11 is 0. The van der Waals surface area contributed by atoms with E-state index in [9.17, 15) is 39.3 Å². The third-order valence-electron chi connectivity index (χ3n) is 7.36. The fraction of sp³-hybridized carbons (Fsp3) is 0.269. The summed E-state index contributed by atoms with van der Waals surface area (Å²) in [6, 6.07) is 13.2. The summed E-state index contributed by atoms with van der Waals surface area (Å²) in [5.41, 5.74) is 3.36. The van der Waals surface area contributed by atoms with Crippen LogP contribution in [0.2, 0.25) is 0 Å². The van der Waals surface area contributed by atoms with Crippen molar-refractivity contribution < 1.29 is 39.3 Å². The SMILES string of the molecule is NC(=O)C1C(=O)C[C@@H]2[C@@H](O)[C@@H]3C(=Cc4ccccc4)c4cccc(O)c4C(=O)C3C(=O)[C@]2(O)C1=O. The van der Waals surface area contributed by atoms with Gasteiger partial charge < -0.3 is 21.1 Å². The van der Waals surface area contributed by atoms with Gasteiger partial charge in [-0.1, -0.05) is 48.5 Å². The van der Waals surface area contributed by atoms with E-state index in [4.69, 9.17) is 5.73 Å². The van der Waals surface area contributed by atoms with Gasteiger partial charge in [0.25, 0.3) is 0 Å². The standard InChI is InChI=1S/C26H21NO8/c27-25(34)19-16(29)10-14-21(30)18-13(9-11-5-2-1-3-6-11)12-7-4-8-15(28)17(12)22(31)20(18)24(33)26(14,35)23(19)32/h1-9,14,18-21,28,30,35H,10H2,(H2,27,34)/t14-,18-,19?,20?,21-,26-/m1/s1. The molecule has 2 unspecified atom stereocenters. The molecule has 2 aromatic carbocycles. The van der Waals surface area contributed by atoms with Crippen molar-refractivity contribution in [1.82, 2.24) is 0 Å². The van der Waals surface area contributed by atoms with Crippen LogP contribution in [0, 0.1) is 23.7 Å². The summed E-state index contributed by atoms with van der Waals surface area (Å²) in [4.78, 5) is 64.6. The van der Waals surface area contributed by atoms with Gasteiger partial charge in [-0.3, -0.25) is 24.0 Å². The van der Waals surface area contributed by atoms with E-state index in [0.717, 1.165) is 0 Å². The van der Waals surface area contributed by atoms with E-state index in [1.165, 1.54) is 12.1 Å². The monoisotopic (exact) mass is 475 g/mol. The molecule has 3 aliphatic rings. The summed E-state index contributed by atoms with van der Waals surface area (Å²) in [5, 5.41) is 33.2. The van der Waals surface area contributed by atoms with Crippen LogP contribution in [0.1, 0.15) is 27.9 Å². The third kappa shape index (κ3) is 3.05. The summed E-state index contributed by atoms with van der Waals surface area (Å²) in [6.07, 6.45) is -0.660. The molecule has 35 heavy (non-hydrogen) atoms. The maximum absolute atomic E-state index is 13.7. The molecule has 0 spiro atoms. The van der Waals surface area contributed by atoms with Gasteiger partial charge in [-0.2, -0.15) is 0 Å². The Kier molecular flexibility index (Phi) is 5.08. The first-order chi connectivity index (χ1) is 16.6. The number of phenols is 1. The molecule has 0 aliphatic heterocycles. The lowest BCUT2D eigenvalue weighted by Gasteiger charge is -2.51. The Bertz CT molecular complexity index is 1350. The van der Waals surface area contributed by atoms with Gasteiger partial charge in [-0.15, -0.1) is 0 Å². The number of amides is 1. The number of hydrogen-bond donors (Lipinski definition) is 4. The van der Waals surface area contributed by atoms with Gasteiger partial charge >= 0.3 is 0 Å². The van der Waals surface area contributed by atoms with Crippen molar-refractivity contribution in [3.05, 3.63) is 65.2 Å². The van der Waals surface area contributed by atoms with Crippen molar-refractivity contribution in [3.8, 4) is 5.75 Å². The highest BCUT2D eigenvalue weighted by atomic mass is 16.3. The second kappa shape index (κ2) is 7.79. The van der Waals surface area contributed by atoms with Crippen LogP contribution in [0.15, 0.2) is 48.5 Å². The minimum atomic E-state index is -2.95. The number of aliphatic hydroxyl groups is 2. The molecule has 5 N–H and O–H groups in total. The van der Waals surface area contributed by atoms with Gasteiger partial charge in [0.2, 0.25) is 5.91 Å². The number of hydrogen-bond acceptors (Lipinski definition) is 8. The predicted molar refractivity (Wildman–Crippen MR) is 120 cm³/mol. The Balaban J connectivity index is 1.75. The van der Waals surface area contributed by atoms with Crippen LogP contribution < -0.4 is 5.73 Å². The van der Waals surface area contributed by atoms with Gasteiger partial charge in [0.1, 0.15) is 5.75 Å². The zero-order valence-electron chi connectivity index (χ0n) is 18.3. The molecule has 3 aliphatic carbocycles. The van der Waals surface area contributed by atoms with Crippen molar-refractivity contribution in [1.29, 1.82) is 0 Å². The molecule has 2 saturated carbocycles. The number of carbonyl (C=O) groups excluding carboxylic acids is 5. The lowest BCUT2D eigenvalue weighted by molar-refractivity contribution is -0.185. The van der Waals surface area contributed by atoms with Crippen molar-refractivity contribution in [2.75, 3.05) is 0 Å². The molecule has 5 rings (SSSR count). The summed E-state index contributed by atoms with van der Waals surface area (Å²) < 4.78 is 0. The van der Waals surface area contributed by atoms with Crippen molar-refractivity contribution in [2.45, 2.75) is 18.1 Å². The highest BCUT2D eigenvalue weighted by Crippen LogP contribution is 2.54. The first-order valence-corrected chi connectivity index (χ1v) is 11.0. The van der Waals surface area contributed by atoms with Crippen molar-refractivity contribution in [2.24, 2.45) is 29.4 Å². The van der Waals surface area contributed by atoms with Crippen LogP contribution in [0.4, 0.5) is 0 Å². The van der Waals surface area contributed by atoms with Crippen LogP contribution in [-0.4, -0.2) is 56.1 Å². The smallest absolute Gasteiger partial charge is 0.235 e. The molecule has 0 aromatic heterocycles. The number of primary amides is 1. The fourth-order valence-electron chi connectivity index (χ4n) is 5.76. The maximum atomic E-state index is 13.7. The Hall–Kier alpha value is -3.95. The Morgan fingerprint density at radius 3 is 2.34 bits per heavy atom. The first kappa shape index (κ1) is 22.8. The number of benzene rings is 2. The van der Waals surface area contributed by atoms with Crippen LogP contribution in [0.5, 0.6) is 5.75 Å². The number of aromatic hydroxyl groups is 1. The van der Waals surface area contributed by atoms with E-state index in [-0.39, 0.29) is 5.56 Å². The average molecular weight is 475 g/mol. The molecule has 2 fully saturated rings. The minimum Gasteiger partial charge on any atom is -0.507 e. The van der Waals surface area contributed by atoms with Gasteiger partial charge in [0.15, 0.2) is 34.7 Å². The molecule has 0 radical (unpaired) electrons. The van der Waals surface area contributed by atoms with Crippen LogP contribution in [0.25, 0.3) is 11.6 Å². The van der Waals surface area contributed by atoms with E-state index >= 15 is 0 Å². The Labute approximate surface area is 198 Å². The van der Waals surface area contributed by atoms with E-state index in [2.05, 4.69) is 0 Å². The van der Waals surface area contributed by atoms with Gasteiger partial charge in [0, 0.05) is 18.3 Å². The molecule has 0 bridgehead atoms. The van der Waals surface area contributed by atoms with Crippen LogP contribution >= 0.6 is 0 Å². The molecule has 9 nitrogen and oxygen atoms in total. The molecular weight excluding hydrogens is 454 g/mol. The van der Waals surface area contributed by atoms with Crippen molar-refractivity contribution >= 4 is 40.7 Å². The van der Waals surface area contributed by atoms with E-state index in [0.29, 0.717) is 16.7 Å².